The van der Waals surface area contributed by atoms with Gasteiger partial charge in [0.15, 0.2) is 0 Å². The third-order valence-corrected chi connectivity index (χ3v) is 3.03. The maximum atomic E-state index is 9.00. The zero-order valence-corrected chi connectivity index (χ0v) is 10.5. The molecule has 0 fully saturated rings. The van der Waals surface area contributed by atoms with Crippen molar-refractivity contribution in [2.75, 3.05) is 0 Å². The highest BCUT2D eigenvalue weighted by Crippen LogP contribution is 2.09. The van der Waals surface area contributed by atoms with Gasteiger partial charge in [-0.15, -0.1) is 0 Å². The van der Waals surface area contributed by atoms with Gasteiger partial charge in [-0.05, 0) is 29.7 Å². The molecule has 2 nitrogen and oxygen atoms in total. The van der Waals surface area contributed by atoms with Crippen molar-refractivity contribution in [2.45, 2.75) is 20.0 Å². The predicted molar refractivity (Wildman–Crippen MR) is 72.9 cm³/mol. The molecule has 2 aromatic carbocycles. The summed E-state index contributed by atoms with van der Waals surface area (Å²) in [5, 5.41) is 12.4. The molecule has 0 aliphatic carbocycles. The Morgan fingerprint density at radius 1 is 0.944 bits per heavy atom. The van der Waals surface area contributed by atoms with E-state index in [0.717, 1.165) is 24.2 Å². The maximum Gasteiger partial charge on any atom is 0.0995 e. The van der Waals surface area contributed by atoms with Crippen molar-refractivity contribution in [3.8, 4) is 6.07 Å². The van der Waals surface area contributed by atoms with Crippen molar-refractivity contribution in [3.05, 3.63) is 70.8 Å². The van der Waals surface area contributed by atoms with Crippen LogP contribution in [0.2, 0.25) is 0 Å². The Kier molecular flexibility index (Phi) is 4.11. The van der Waals surface area contributed by atoms with Gasteiger partial charge in [-0.2, -0.15) is 5.26 Å². The third kappa shape index (κ3) is 2.97. The average molecular weight is 236 g/mol. The lowest BCUT2D eigenvalue weighted by Gasteiger charge is -2.08. The number of nitrogens with zero attached hydrogens (tertiary/aromatic N) is 1. The molecule has 0 aliphatic heterocycles. The van der Waals surface area contributed by atoms with Gasteiger partial charge in [0.25, 0.3) is 0 Å². The zero-order chi connectivity index (χ0) is 12.8. The Balaban J connectivity index is 1.97. The Hall–Kier alpha value is -2.11. The summed E-state index contributed by atoms with van der Waals surface area (Å²) < 4.78 is 0. The van der Waals surface area contributed by atoms with Crippen LogP contribution in [0.4, 0.5) is 0 Å². The number of hydrogen-bond donors (Lipinski definition) is 1. The van der Waals surface area contributed by atoms with Gasteiger partial charge in [-0.3, -0.25) is 0 Å². The number of benzene rings is 2. The summed E-state index contributed by atoms with van der Waals surface area (Å²) in [6, 6.07) is 18.2. The van der Waals surface area contributed by atoms with E-state index in [1.807, 2.05) is 36.4 Å². The molecule has 0 spiro atoms. The van der Waals surface area contributed by atoms with Gasteiger partial charge in [0.2, 0.25) is 0 Å². The van der Waals surface area contributed by atoms with Crippen molar-refractivity contribution in [1.82, 2.24) is 5.32 Å². The molecule has 0 aliphatic rings. The second-order valence-corrected chi connectivity index (χ2v) is 4.30. The van der Waals surface area contributed by atoms with Crippen molar-refractivity contribution in [2.24, 2.45) is 0 Å². The van der Waals surface area contributed by atoms with Gasteiger partial charge < -0.3 is 5.32 Å². The summed E-state index contributed by atoms with van der Waals surface area (Å²) in [4.78, 5) is 0. The Labute approximate surface area is 108 Å². The molecule has 0 saturated carbocycles. The largest absolute Gasteiger partial charge is 0.309 e. The van der Waals surface area contributed by atoms with E-state index in [1.54, 1.807) is 0 Å². The fourth-order valence-electron chi connectivity index (χ4n) is 1.92. The molecule has 1 N–H and O–H groups in total. The van der Waals surface area contributed by atoms with E-state index in [2.05, 4.69) is 30.4 Å². The fourth-order valence-corrected chi connectivity index (χ4v) is 1.92. The van der Waals surface area contributed by atoms with Gasteiger partial charge in [-0.25, -0.2) is 0 Å². The van der Waals surface area contributed by atoms with Crippen molar-refractivity contribution in [3.63, 3.8) is 0 Å². The lowest BCUT2D eigenvalue weighted by Crippen LogP contribution is -2.14. The van der Waals surface area contributed by atoms with Crippen molar-refractivity contribution in [1.29, 1.82) is 5.26 Å². The minimum absolute atomic E-state index is 0.720. The molecule has 18 heavy (non-hydrogen) atoms. The molecule has 0 unspecified atom stereocenters. The van der Waals surface area contributed by atoms with Crippen LogP contribution in [-0.4, -0.2) is 0 Å². The van der Waals surface area contributed by atoms with E-state index < -0.39 is 0 Å². The van der Waals surface area contributed by atoms with Crippen LogP contribution in [0, 0.1) is 18.3 Å². The predicted octanol–water partition coefficient (Wildman–Crippen LogP) is 3.16. The molecule has 0 bridgehead atoms. The minimum Gasteiger partial charge on any atom is -0.309 e. The van der Waals surface area contributed by atoms with E-state index in [-0.39, 0.29) is 0 Å². The van der Waals surface area contributed by atoms with Gasteiger partial charge in [-0.1, -0.05) is 42.5 Å². The second-order valence-electron chi connectivity index (χ2n) is 4.30. The average Bonchev–Trinajstić information content (AvgIpc) is 2.41. The lowest BCUT2D eigenvalue weighted by atomic mass is 10.1. The molecule has 0 saturated heterocycles. The molecule has 0 amide bonds. The monoisotopic (exact) mass is 236 g/mol. The first-order valence-corrected chi connectivity index (χ1v) is 6.04. The summed E-state index contributed by atoms with van der Waals surface area (Å²) in [5.74, 6) is 0. The van der Waals surface area contributed by atoms with E-state index in [1.165, 1.54) is 11.1 Å². The van der Waals surface area contributed by atoms with E-state index in [9.17, 15) is 0 Å². The van der Waals surface area contributed by atoms with Crippen LogP contribution in [0.5, 0.6) is 0 Å². The van der Waals surface area contributed by atoms with Gasteiger partial charge in [0.05, 0.1) is 11.6 Å². The van der Waals surface area contributed by atoms with E-state index in [0.29, 0.717) is 0 Å². The quantitative estimate of drug-likeness (QED) is 0.885. The normalized spacial score (nSPS) is 10.0. The van der Waals surface area contributed by atoms with Crippen LogP contribution >= 0.6 is 0 Å². The first-order valence-electron chi connectivity index (χ1n) is 6.04. The summed E-state index contributed by atoms with van der Waals surface area (Å²) >= 11 is 0. The SMILES string of the molecule is Cc1ccccc1CNCc1ccccc1C#N. The number of hydrogen-bond acceptors (Lipinski definition) is 2. The number of aryl methyl sites for hydroxylation is 1. The first-order chi connectivity index (χ1) is 8.81. The molecule has 0 atom stereocenters. The maximum absolute atomic E-state index is 9.00. The van der Waals surface area contributed by atoms with E-state index >= 15 is 0 Å². The molecule has 0 aromatic heterocycles. The molecular weight excluding hydrogens is 220 g/mol. The lowest BCUT2D eigenvalue weighted by molar-refractivity contribution is 0.689. The van der Waals surface area contributed by atoms with Crippen molar-refractivity contribution >= 4 is 0 Å². The summed E-state index contributed by atoms with van der Waals surface area (Å²) in [5.41, 5.74) is 4.38. The first kappa shape index (κ1) is 12.3. The van der Waals surface area contributed by atoms with Crippen LogP contribution in [-0.2, 0) is 13.1 Å². The Morgan fingerprint density at radius 2 is 1.56 bits per heavy atom. The Morgan fingerprint density at radius 3 is 2.28 bits per heavy atom. The van der Waals surface area contributed by atoms with Crippen LogP contribution in [0.25, 0.3) is 0 Å². The molecular formula is C16H16N2. The minimum atomic E-state index is 0.720. The number of rotatable bonds is 4. The summed E-state index contributed by atoms with van der Waals surface area (Å²) in [6.45, 7) is 3.66. The second kappa shape index (κ2) is 6.00. The summed E-state index contributed by atoms with van der Waals surface area (Å²) in [6.07, 6.45) is 0. The molecule has 2 rings (SSSR count). The van der Waals surface area contributed by atoms with Crippen molar-refractivity contribution < 1.29 is 0 Å². The molecule has 2 aromatic rings. The molecule has 90 valence electrons. The third-order valence-electron chi connectivity index (χ3n) is 3.03. The van der Waals surface area contributed by atoms with Crippen LogP contribution in [0.1, 0.15) is 22.3 Å². The topological polar surface area (TPSA) is 35.8 Å². The van der Waals surface area contributed by atoms with Crippen LogP contribution < -0.4 is 5.32 Å². The Bertz CT molecular complexity index is 567. The number of nitriles is 1. The van der Waals surface area contributed by atoms with Gasteiger partial charge in [0.1, 0.15) is 0 Å². The molecule has 0 heterocycles. The van der Waals surface area contributed by atoms with Crippen LogP contribution in [0.15, 0.2) is 48.5 Å². The van der Waals surface area contributed by atoms with Gasteiger partial charge >= 0.3 is 0 Å². The highest BCUT2D eigenvalue weighted by Gasteiger charge is 2.01. The molecule has 0 radical (unpaired) electrons. The molecule has 2 heteroatoms. The summed E-state index contributed by atoms with van der Waals surface area (Å²) in [7, 11) is 0. The standard InChI is InChI=1S/C16H16N2/c1-13-6-2-3-8-15(13)11-18-12-16-9-5-4-7-14(16)10-17/h2-9,18H,11-12H2,1H3. The smallest absolute Gasteiger partial charge is 0.0995 e. The van der Waals surface area contributed by atoms with E-state index in [4.69, 9.17) is 5.26 Å². The highest BCUT2D eigenvalue weighted by atomic mass is 14.8. The highest BCUT2D eigenvalue weighted by molar-refractivity contribution is 5.37. The van der Waals surface area contributed by atoms with Gasteiger partial charge in [0, 0.05) is 13.1 Å². The fraction of sp³-hybridized carbons (Fsp3) is 0.188. The zero-order valence-electron chi connectivity index (χ0n) is 10.5. The number of nitrogens with one attached hydrogen (secondary N) is 1. The van der Waals surface area contributed by atoms with Crippen LogP contribution in [0.3, 0.4) is 0 Å².